The zero-order valence-corrected chi connectivity index (χ0v) is 12.3. The standard InChI is InChI=1S/C13H17FN2O3S/c1-9-3-6-20-10(9)7-15-12(18)16-5-4-13(14,8-16)11(17)19-2/h3,6H,4-5,7-8H2,1-2H3,(H,15,18)/t13-/m0/s1. The summed E-state index contributed by atoms with van der Waals surface area (Å²) in [6.07, 6.45) is -0.0227. The topological polar surface area (TPSA) is 58.6 Å². The van der Waals surface area contributed by atoms with Gasteiger partial charge in [0, 0.05) is 17.8 Å². The van der Waals surface area contributed by atoms with Crippen molar-refractivity contribution >= 4 is 23.3 Å². The van der Waals surface area contributed by atoms with Gasteiger partial charge in [0.15, 0.2) is 0 Å². The summed E-state index contributed by atoms with van der Waals surface area (Å²) < 4.78 is 18.6. The number of nitrogens with one attached hydrogen (secondary N) is 1. The second kappa shape index (κ2) is 5.78. The number of rotatable bonds is 3. The van der Waals surface area contributed by atoms with Crippen LogP contribution in [-0.2, 0) is 16.1 Å². The Hall–Kier alpha value is -1.63. The smallest absolute Gasteiger partial charge is 0.345 e. The van der Waals surface area contributed by atoms with Gasteiger partial charge in [0.05, 0.1) is 20.2 Å². The van der Waals surface area contributed by atoms with E-state index >= 15 is 0 Å². The van der Waals surface area contributed by atoms with Gasteiger partial charge >= 0.3 is 12.0 Å². The third kappa shape index (κ3) is 2.92. The Balaban J connectivity index is 1.89. The number of ether oxygens (including phenoxy) is 1. The zero-order chi connectivity index (χ0) is 14.8. The largest absolute Gasteiger partial charge is 0.467 e. The quantitative estimate of drug-likeness (QED) is 0.867. The van der Waals surface area contributed by atoms with Crippen molar-refractivity contribution in [2.75, 3.05) is 20.2 Å². The van der Waals surface area contributed by atoms with Crippen molar-refractivity contribution in [1.82, 2.24) is 10.2 Å². The molecule has 1 aliphatic rings. The summed E-state index contributed by atoms with van der Waals surface area (Å²) in [6, 6.07) is 1.62. The molecule has 1 saturated heterocycles. The summed E-state index contributed by atoms with van der Waals surface area (Å²) in [4.78, 5) is 25.7. The minimum absolute atomic E-state index is 0.0227. The lowest BCUT2D eigenvalue weighted by Crippen LogP contribution is -2.43. The fourth-order valence-corrected chi connectivity index (χ4v) is 2.99. The summed E-state index contributed by atoms with van der Waals surface area (Å²) in [5.41, 5.74) is -0.962. The van der Waals surface area contributed by atoms with Crippen LogP contribution >= 0.6 is 11.3 Å². The Labute approximate surface area is 120 Å². The normalized spacial score (nSPS) is 21.9. The van der Waals surface area contributed by atoms with Gasteiger partial charge in [0.25, 0.3) is 0 Å². The van der Waals surface area contributed by atoms with E-state index < -0.39 is 11.6 Å². The average molecular weight is 300 g/mol. The maximum Gasteiger partial charge on any atom is 0.345 e. The Kier molecular flexibility index (Phi) is 4.27. The molecule has 2 amide bonds. The van der Waals surface area contributed by atoms with Crippen molar-refractivity contribution in [2.45, 2.75) is 25.6 Å². The summed E-state index contributed by atoms with van der Waals surface area (Å²) in [5, 5.41) is 4.70. The first-order chi connectivity index (χ1) is 9.46. The van der Waals surface area contributed by atoms with E-state index in [1.54, 1.807) is 11.3 Å². The lowest BCUT2D eigenvalue weighted by Gasteiger charge is -2.19. The van der Waals surface area contributed by atoms with Crippen molar-refractivity contribution in [3.63, 3.8) is 0 Å². The van der Waals surface area contributed by atoms with Gasteiger partial charge in [-0.1, -0.05) is 0 Å². The molecule has 1 aromatic heterocycles. The molecule has 0 saturated carbocycles. The van der Waals surface area contributed by atoms with E-state index in [2.05, 4.69) is 10.1 Å². The van der Waals surface area contributed by atoms with Gasteiger partial charge < -0.3 is 15.0 Å². The molecule has 110 valence electrons. The molecular weight excluding hydrogens is 283 g/mol. The molecule has 1 N–H and O–H groups in total. The molecule has 1 aromatic rings. The van der Waals surface area contributed by atoms with E-state index in [4.69, 9.17) is 0 Å². The van der Waals surface area contributed by atoms with Gasteiger partial charge in [-0.05, 0) is 23.9 Å². The van der Waals surface area contributed by atoms with Crippen LogP contribution in [0.4, 0.5) is 9.18 Å². The molecule has 0 bridgehead atoms. The highest BCUT2D eigenvalue weighted by Crippen LogP contribution is 2.27. The molecule has 5 nitrogen and oxygen atoms in total. The van der Waals surface area contributed by atoms with Crippen molar-refractivity contribution in [3.05, 3.63) is 21.9 Å². The summed E-state index contributed by atoms with van der Waals surface area (Å²) in [5.74, 6) is -0.915. The molecule has 1 aliphatic heterocycles. The predicted molar refractivity (Wildman–Crippen MR) is 73.3 cm³/mol. The van der Waals surface area contributed by atoms with E-state index in [0.717, 1.165) is 17.6 Å². The first-order valence-electron chi connectivity index (χ1n) is 6.29. The van der Waals surface area contributed by atoms with E-state index in [0.29, 0.717) is 6.54 Å². The van der Waals surface area contributed by atoms with Crippen LogP contribution < -0.4 is 5.32 Å². The van der Waals surface area contributed by atoms with E-state index in [9.17, 15) is 14.0 Å². The number of thiophene rings is 1. The fraction of sp³-hybridized carbons (Fsp3) is 0.538. The van der Waals surface area contributed by atoms with Gasteiger partial charge in [-0.3, -0.25) is 0 Å². The number of methoxy groups -OCH3 is 1. The van der Waals surface area contributed by atoms with Crippen LogP contribution in [0.2, 0.25) is 0 Å². The molecule has 1 fully saturated rings. The van der Waals surface area contributed by atoms with Crippen LogP contribution in [0.25, 0.3) is 0 Å². The number of aryl methyl sites for hydroxylation is 1. The molecule has 2 heterocycles. The summed E-state index contributed by atoms with van der Waals surface area (Å²) in [7, 11) is 1.14. The number of carbonyl (C=O) groups excluding carboxylic acids is 2. The van der Waals surface area contributed by atoms with E-state index in [-0.39, 0.29) is 25.5 Å². The molecule has 2 rings (SSSR count). The molecule has 7 heteroatoms. The fourth-order valence-electron chi connectivity index (χ4n) is 2.15. The van der Waals surface area contributed by atoms with Crippen LogP contribution in [0.5, 0.6) is 0 Å². The van der Waals surface area contributed by atoms with Crippen LogP contribution in [0.3, 0.4) is 0 Å². The minimum atomic E-state index is -2.08. The molecule has 0 spiro atoms. The van der Waals surface area contributed by atoms with Crippen molar-refractivity contribution < 1.29 is 18.7 Å². The highest BCUT2D eigenvalue weighted by molar-refractivity contribution is 7.10. The molecule has 20 heavy (non-hydrogen) atoms. The van der Waals surface area contributed by atoms with E-state index in [1.165, 1.54) is 4.90 Å². The number of halogens is 1. The molecule has 0 aliphatic carbocycles. The predicted octanol–water partition coefficient (Wildman–Crippen LogP) is 1.85. The van der Waals surface area contributed by atoms with Crippen LogP contribution in [0.1, 0.15) is 16.9 Å². The number of carbonyl (C=O) groups is 2. The number of esters is 1. The Morgan fingerprint density at radius 1 is 1.60 bits per heavy atom. The van der Waals surface area contributed by atoms with Gasteiger partial charge in [-0.25, -0.2) is 14.0 Å². The highest BCUT2D eigenvalue weighted by Gasteiger charge is 2.47. The number of urea groups is 1. The number of hydrogen-bond acceptors (Lipinski definition) is 4. The average Bonchev–Trinajstić information content (AvgIpc) is 3.02. The molecule has 0 aromatic carbocycles. The first kappa shape index (κ1) is 14.8. The highest BCUT2D eigenvalue weighted by atomic mass is 32.1. The van der Waals surface area contributed by atoms with Crippen molar-refractivity contribution in [1.29, 1.82) is 0 Å². The van der Waals surface area contributed by atoms with Crippen molar-refractivity contribution in [2.24, 2.45) is 0 Å². The van der Waals surface area contributed by atoms with Crippen LogP contribution in [-0.4, -0.2) is 42.8 Å². The van der Waals surface area contributed by atoms with Crippen LogP contribution in [0.15, 0.2) is 11.4 Å². The molecule has 0 unspecified atom stereocenters. The van der Waals surface area contributed by atoms with Gasteiger partial charge in [0.2, 0.25) is 5.67 Å². The monoisotopic (exact) mass is 300 g/mol. The number of nitrogens with zero attached hydrogens (tertiary/aromatic N) is 1. The van der Waals surface area contributed by atoms with Crippen LogP contribution in [0, 0.1) is 6.92 Å². The summed E-state index contributed by atoms with van der Waals surface area (Å²) in [6.45, 7) is 2.34. The Bertz CT molecular complexity index is 519. The Morgan fingerprint density at radius 2 is 2.35 bits per heavy atom. The SMILES string of the molecule is COC(=O)[C@]1(F)CCN(C(=O)NCc2sccc2C)C1. The maximum absolute atomic E-state index is 14.2. The third-order valence-corrected chi connectivity index (χ3v) is 4.45. The lowest BCUT2D eigenvalue weighted by molar-refractivity contribution is -0.153. The number of likely N-dealkylation sites (tertiary alicyclic amines) is 1. The molecule has 0 radical (unpaired) electrons. The first-order valence-corrected chi connectivity index (χ1v) is 7.17. The summed E-state index contributed by atoms with van der Waals surface area (Å²) >= 11 is 1.56. The number of amides is 2. The molecule has 1 atom stereocenters. The Morgan fingerprint density at radius 3 is 2.95 bits per heavy atom. The van der Waals surface area contributed by atoms with Gasteiger partial charge in [0.1, 0.15) is 0 Å². The van der Waals surface area contributed by atoms with E-state index in [1.807, 2.05) is 18.4 Å². The minimum Gasteiger partial charge on any atom is -0.467 e. The lowest BCUT2D eigenvalue weighted by atomic mass is 10.1. The third-order valence-electron chi connectivity index (χ3n) is 3.43. The second-order valence-corrected chi connectivity index (χ2v) is 5.81. The second-order valence-electron chi connectivity index (χ2n) is 4.81. The zero-order valence-electron chi connectivity index (χ0n) is 11.4. The number of hydrogen-bond donors (Lipinski definition) is 1. The van der Waals surface area contributed by atoms with Crippen molar-refractivity contribution in [3.8, 4) is 0 Å². The molecular formula is C13H17FN2O3S. The maximum atomic E-state index is 14.2. The van der Waals surface area contributed by atoms with Gasteiger partial charge in [-0.15, -0.1) is 11.3 Å². The number of alkyl halides is 1. The van der Waals surface area contributed by atoms with Gasteiger partial charge in [-0.2, -0.15) is 0 Å².